The van der Waals surface area contributed by atoms with Crippen molar-refractivity contribution in [2.24, 2.45) is 0 Å². The van der Waals surface area contributed by atoms with Gasteiger partial charge in [-0.3, -0.25) is 5.32 Å². The summed E-state index contributed by atoms with van der Waals surface area (Å²) >= 11 is 1.41. The Morgan fingerprint density at radius 1 is 1.39 bits per heavy atom. The van der Waals surface area contributed by atoms with Crippen LogP contribution in [0, 0.1) is 6.92 Å². The van der Waals surface area contributed by atoms with E-state index in [0.29, 0.717) is 16.8 Å². The minimum Gasteiger partial charge on any atom is -0.340 e. The Morgan fingerprint density at radius 3 is 2.83 bits per heavy atom. The van der Waals surface area contributed by atoms with Crippen molar-refractivity contribution >= 4 is 22.5 Å². The average molecular weight is 336 g/mol. The van der Waals surface area contributed by atoms with Crippen LogP contribution in [0.3, 0.4) is 0 Å². The number of hydrogen-bond donors (Lipinski definition) is 2. The molecule has 0 aromatic carbocycles. The number of aryl methyl sites for hydroxylation is 2. The second-order valence-corrected chi connectivity index (χ2v) is 6.82. The van der Waals surface area contributed by atoms with E-state index in [9.17, 15) is 4.79 Å². The van der Waals surface area contributed by atoms with Crippen LogP contribution in [-0.2, 0) is 12.0 Å². The van der Waals surface area contributed by atoms with Crippen LogP contribution in [0.1, 0.15) is 55.8 Å². The van der Waals surface area contributed by atoms with Crippen molar-refractivity contribution in [3.8, 4) is 0 Å². The van der Waals surface area contributed by atoms with Crippen LogP contribution in [0.2, 0.25) is 0 Å². The van der Waals surface area contributed by atoms with Gasteiger partial charge in [0.1, 0.15) is 10.5 Å². The lowest BCUT2D eigenvalue weighted by Crippen LogP contribution is -2.52. The van der Waals surface area contributed by atoms with Crippen LogP contribution >= 0.6 is 11.3 Å². The molecule has 1 aliphatic rings. The van der Waals surface area contributed by atoms with Gasteiger partial charge in [-0.2, -0.15) is 4.98 Å². The van der Waals surface area contributed by atoms with Gasteiger partial charge < -0.3 is 9.84 Å². The molecule has 0 saturated heterocycles. The third-order valence-corrected chi connectivity index (χ3v) is 4.85. The average Bonchev–Trinajstić information content (AvgIpc) is 3.10. The smallest absolute Gasteiger partial charge is 0.321 e. The maximum atomic E-state index is 12.3. The molecule has 2 N–H and O–H groups in total. The molecule has 2 heterocycles. The van der Waals surface area contributed by atoms with Crippen molar-refractivity contribution in [1.82, 2.24) is 25.7 Å². The minimum atomic E-state index is -0.530. The summed E-state index contributed by atoms with van der Waals surface area (Å²) in [4.78, 5) is 16.5. The van der Waals surface area contributed by atoms with Crippen LogP contribution in [0.25, 0.3) is 0 Å². The van der Waals surface area contributed by atoms with Crippen LogP contribution in [0.4, 0.5) is 9.93 Å². The van der Waals surface area contributed by atoms with Crippen LogP contribution in [0.15, 0.2) is 4.52 Å². The first-order valence-electron chi connectivity index (χ1n) is 7.83. The van der Waals surface area contributed by atoms with Crippen molar-refractivity contribution in [3.05, 3.63) is 16.7 Å². The first-order valence-corrected chi connectivity index (χ1v) is 8.65. The largest absolute Gasteiger partial charge is 0.340 e. The van der Waals surface area contributed by atoms with E-state index in [1.54, 1.807) is 6.92 Å². The van der Waals surface area contributed by atoms with E-state index in [0.717, 1.165) is 43.5 Å². The van der Waals surface area contributed by atoms with Gasteiger partial charge in [-0.25, -0.2) is 4.79 Å². The number of nitrogens with zero attached hydrogens (tertiary/aromatic N) is 4. The topological polar surface area (TPSA) is 106 Å². The molecule has 2 aromatic heterocycles. The third kappa shape index (κ3) is 3.49. The van der Waals surface area contributed by atoms with E-state index in [1.165, 1.54) is 11.3 Å². The number of urea groups is 1. The number of carbonyl (C=O) groups excluding carboxylic acids is 1. The van der Waals surface area contributed by atoms with Crippen molar-refractivity contribution in [2.45, 2.75) is 57.9 Å². The van der Waals surface area contributed by atoms with E-state index in [4.69, 9.17) is 4.52 Å². The third-order valence-electron chi connectivity index (χ3n) is 3.95. The van der Waals surface area contributed by atoms with Gasteiger partial charge in [-0.05, 0) is 25.7 Å². The zero-order chi connectivity index (χ0) is 16.3. The predicted molar refractivity (Wildman–Crippen MR) is 85.2 cm³/mol. The fourth-order valence-electron chi connectivity index (χ4n) is 2.51. The molecule has 0 spiro atoms. The van der Waals surface area contributed by atoms with Gasteiger partial charge >= 0.3 is 6.03 Å². The number of rotatable bonds is 6. The quantitative estimate of drug-likeness (QED) is 0.840. The molecule has 23 heavy (non-hydrogen) atoms. The monoisotopic (exact) mass is 336 g/mol. The summed E-state index contributed by atoms with van der Waals surface area (Å²) in [6, 6.07) is -0.314. The molecule has 2 amide bonds. The minimum absolute atomic E-state index is 0.314. The highest BCUT2D eigenvalue weighted by molar-refractivity contribution is 7.15. The summed E-state index contributed by atoms with van der Waals surface area (Å²) in [5, 5.41) is 19.2. The Morgan fingerprint density at radius 2 is 2.22 bits per heavy atom. The molecular formula is C14H20N6O2S. The maximum absolute atomic E-state index is 12.3. The molecule has 1 aliphatic carbocycles. The highest BCUT2D eigenvalue weighted by Gasteiger charge is 2.44. The van der Waals surface area contributed by atoms with Crippen molar-refractivity contribution in [3.63, 3.8) is 0 Å². The molecule has 1 fully saturated rings. The SMILES string of the molecule is CCCCc1nnc(NC(=O)NC2(c3noc(C)n3)CCC2)s1. The second kappa shape index (κ2) is 6.61. The number of anilines is 1. The Bertz CT molecular complexity index is 678. The molecule has 0 radical (unpaired) electrons. The van der Waals surface area contributed by atoms with E-state index in [2.05, 4.69) is 37.9 Å². The highest BCUT2D eigenvalue weighted by atomic mass is 32.1. The Kier molecular flexibility index (Phi) is 4.56. The van der Waals surface area contributed by atoms with Crippen molar-refractivity contribution in [1.29, 1.82) is 0 Å². The second-order valence-electron chi connectivity index (χ2n) is 5.76. The highest BCUT2D eigenvalue weighted by Crippen LogP contribution is 2.39. The van der Waals surface area contributed by atoms with Crippen LogP contribution in [0.5, 0.6) is 0 Å². The summed E-state index contributed by atoms with van der Waals surface area (Å²) in [7, 11) is 0. The van der Waals surface area contributed by atoms with Gasteiger partial charge in [-0.1, -0.05) is 29.8 Å². The Balaban J connectivity index is 1.61. The first-order chi connectivity index (χ1) is 11.1. The number of hydrogen-bond acceptors (Lipinski definition) is 7. The van der Waals surface area contributed by atoms with E-state index in [1.807, 2.05) is 0 Å². The Labute approximate surface area is 138 Å². The molecule has 9 heteroatoms. The summed E-state index contributed by atoms with van der Waals surface area (Å²) < 4.78 is 5.03. The molecular weight excluding hydrogens is 316 g/mol. The standard InChI is InChI=1S/C14H20N6O2S/c1-3-4-6-10-18-19-13(23-10)16-12(21)17-14(7-5-8-14)11-15-9(2)22-20-11/h3-8H2,1-2H3,(H2,16,17,19,21). The maximum Gasteiger partial charge on any atom is 0.321 e. The summed E-state index contributed by atoms with van der Waals surface area (Å²) in [6.07, 6.45) is 5.70. The van der Waals surface area contributed by atoms with Crippen molar-refractivity contribution < 1.29 is 9.32 Å². The molecule has 0 atom stereocenters. The number of unbranched alkanes of at least 4 members (excludes halogenated alkanes) is 1. The van der Waals surface area contributed by atoms with Crippen LogP contribution < -0.4 is 10.6 Å². The fourth-order valence-corrected chi connectivity index (χ4v) is 3.28. The van der Waals surface area contributed by atoms with E-state index < -0.39 is 5.54 Å². The lowest BCUT2D eigenvalue weighted by Gasteiger charge is -2.39. The molecule has 3 rings (SSSR count). The molecule has 1 saturated carbocycles. The predicted octanol–water partition coefficient (Wildman–Crippen LogP) is 2.77. The Hall–Kier alpha value is -2.03. The molecule has 124 valence electrons. The first kappa shape index (κ1) is 15.9. The number of amides is 2. The normalized spacial score (nSPS) is 15.9. The molecule has 0 unspecified atom stereocenters. The lowest BCUT2D eigenvalue weighted by molar-refractivity contribution is 0.171. The molecule has 0 bridgehead atoms. The molecule has 0 aliphatic heterocycles. The summed E-state index contributed by atoms with van der Waals surface area (Å²) in [6.45, 7) is 3.87. The molecule has 8 nitrogen and oxygen atoms in total. The zero-order valence-electron chi connectivity index (χ0n) is 13.3. The molecule has 2 aromatic rings. The van der Waals surface area contributed by atoms with Gasteiger partial charge in [-0.15, -0.1) is 10.2 Å². The van der Waals surface area contributed by atoms with Gasteiger partial charge in [0, 0.05) is 13.3 Å². The van der Waals surface area contributed by atoms with Gasteiger partial charge in [0.2, 0.25) is 11.0 Å². The number of nitrogens with one attached hydrogen (secondary N) is 2. The fraction of sp³-hybridized carbons (Fsp3) is 0.643. The van der Waals surface area contributed by atoms with Crippen molar-refractivity contribution in [2.75, 3.05) is 5.32 Å². The summed E-state index contributed by atoms with van der Waals surface area (Å²) in [5.41, 5.74) is -0.530. The van der Waals surface area contributed by atoms with E-state index in [-0.39, 0.29) is 6.03 Å². The van der Waals surface area contributed by atoms with Crippen LogP contribution in [-0.4, -0.2) is 26.4 Å². The number of aromatic nitrogens is 4. The van der Waals surface area contributed by atoms with Gasteiger partial charge in [0.25, 0.3) is 0 Å². The lowest BCUT2D eigenvalue weighted by atomic mass is 9.76. The van der Waals surface area contributed by atoms with E-state index >= 15 is 0 Å². The van der Waals surface area contributed by atoms with Gasteiger partial charge in [0.05, 0.1) is 0 Å². The zero-order valence-corrected chi connectivity index (χ0v) is 14.1. The number of carbonyl (C=O) groups is 1. The summed E-state index contributed by atoms with van der Waals surface area (Å²) in [5.74, 6) is 1.04. The van der Waals surface area contributed by atoms with Gasteiger partial charge in [0.15, 0.2) is 5.82 Å².